The third-order valence-corrected chi connectivity index (χ3v) is 2.64. The molecule has 0 saturated heterocycles. The molecule has 1 aromatic heterocycles. The molecule has 0 aliphatic rings. The zero-order chi connectivity index (χ0) is 10.1. The van der Waals surface area contributed by atoms with Crippen molar-refractivity contribution in [3.8, 4) is 11.4 Å². The van der Waals surface area contributed by atoms with Gasteiger partial charge in [-0.15, -0.1) is 0 Å². The molecule has 0 spiro atoms. The number of nitrogens with zero attached hydrogens (tertiary/aromatic N) is 2. The second-order valence-electron chi connectivity index (χ2n) is 2.99. The highest BCUT2D eigenvalue weighted by Gasteiger charge is 2.05. The number of aromatic nitrogens is 2. The van der Waals surface area contributed by atoms with Gasteiger partial charge in [0.25, 0.3) is 0 Å². The Hall–Kier alpha value is -1.16. The highest BCUT2D eigenvalue weighted by molar-refractivity contribution is 9.10. The van der Waals surface area contributed by atoms with Crippen LogP contribution in [0.1, 0.15) is 0 Å². The summed E-state index contributed by atoms with van der Waals surface area (Å²) in [5, 5.41) is 0. The van der Waals surface area contributed by atoms with Crippen molar-refractivity contribution in [1.82, 2.24) is 9.55 Å². The molecular formula is C10H8BrFN2. The molecular weight excluding hydrogens is 247 g/mol. The van der Waals surface area contributed by atoms with E-state index in [9.17, 15) is 4.39 Å². The van der Waals surface area contributed by atoms with E-state index < -0.39 is 0 Å². The van der Waals surface area contributed by atoms with Gasteiger partial charge in [0.1, 0.15) is 11.6 Å². The van der Waals surface area contributed by atoms with Crippen LogP contribution >= 0.6 is 15.9 Å². The first kappa shape index (κ1) is 9.40. The van der Waals surface area contributed by atoms with E-state index in [1.54, 1.807) is 12.3 Å². The molecule has 14 heavy (non-hydrogen) atoms. The summed E-state index contributed by atoms with van der Waals surface area (Å²) >= 11 is 3.11. The molecule has 0 fully saturated rings. The molecule has 1 aromatic carbocycles. The van der Waals surface area contributed by atoms with Crippen LogP contribution in [0.25, 0.3) is 11.4 Å². The highest BCUT2D eigenvalue weighted by Crippen LogP contribution is 2.22. The molecule has 0 radical (unpaired) electrons. The first-order valence-electron chi connectivity index (χ1n) is 4.11. The molecule has 1 heterocycles. The van der Waals surface area contributed by atoms with Crippen molar-refractivity contribution in [2.75, 3.05) is 0 Å². The Morgan fingerprint density at radius 2 is 2.21 bits per heavy atom. The van der Waals surface area contributed by atoms with Gasteiger partial charge in [-0.3, -0.25) is 0 Å². The van der Waals surface area contributed by atoms with E-state index in [1.165, 1.54) is 6.07 Å². The molecule has 0 aliphatic carbocycles. The Morgan fingerprint density at radius 1 is 1.43 bits per heavy atom. The summed E-state index contributed by atoms with van der Waals surface area (Å²) in [6.45, 7) is 0. The number of aryl methyl sites for hydroxylation is 1. The molecule has 72 valence electrons. The van der Waals surface area contributed by atoms with Crippen molar-refractivity contribution in [2.24, 2.45) is 7.05 Å². The lowest BCUT2D eigenvalue weighted by atomic mass is 10.2. The second kappa shape index (κ2) is 3.53. The summed E-state index contributed by atoms with van der Waals surface area (Å²) in [6.07, 6.45) is 3.52. The zero-order valence-corrected chi connectivity index (χ0v) is 9.12. The fourth-order valence-corrected chi connectivity index (χ4v) is 1.53. The van der Waals surface area contributed by atoms with Gasteiger partial charge in [0, 0.05) is 25.0 Å². The van der Waals surface area contributed by atoms with Gasteiger partial charge < -0.3 is 4.57 Å². The standard InChI is InChI=1S/C10H8BrFN2/c1-14-5-4-13-10(14)7-2-3-8(11)9(12)6-7/h2-6H,1H3. The number of benzene rings is 1. The Labute approximate surface area is 89.5 Å². The molecule has 0 saturated carbocycles. The topological polar surface area (TPSA) is 17.8 Å². The van der Waals surface area contributed by atoms with Crippen molar-refractivity contribution < 1.29 is 4.39 Å². The molecule has 2 nitrogen and oxygen atoms in total. The van der Waals surface area contributed by atoms with E-state index in [4.69, 9.17) is 0 Å². The summed E-state index contributed by atoms with van der Waals surface area (Å²) in [4.78, 5) is 4.14. The summed E-state index contributed by atoms with van der Waals surface area (Å²) < 4.78 is 15.5. The summed E-state index contributed by atoms with van der Waals surface area (Å²) in [7, 11) is 1.88. The second-order valence-corrected chi connectivity index (χ2v) is 3.84. The van der Waals surface area contributed by atoms with Crippen molar-refractivity contribution in [2.45, 2.75) is 0 Å². The molecule has 4 heteroatoms. The predicted molar refractivity (Wildman–Crippen MR) is 56.3 cm³/mol. The lowest BCUT2D eigenvalue weighted by Crippen LogP contribution is -1.91. The summed E-state index contributed by atoms with van der Waals surface area (Å²) in [6, 6.07) is 4.97. The van der Waals surface area contributed by atoms with Gasteiger partial charge in [-0.25, -0.2) is 9.37 Å². The van der Waals surface area contributed by atoms with E-state index >= 15 is 0 Å². The largest absolute Gasteiger partial charge is 0.334 e. The first-order chi connectivity index (χ1) is 6.68. The number of halogens is 2. The Kier molecular flexibility index (Phi) is 2.37. The smallest absolute Gasteiger partial charge is 0.139 e. The molecule has 0 bridgehead atoms. The highest BCUT2D eigenvalue weighted by atomic mass is 79.9. The maximum absolute atomic E-state index is 13.2. The van der Waals surface area contributed by atoms with Gasteiger partial charge in [0.15, 0.2) is 0 Å². The third-order valence-electron chi connectivity index (χ3n) is 2.00. The molecule has 2 aromatic rings. The van der Waals surface area contributed by atoms with Gasteiger partial charge in [-0.05, 0) is 34.1 Å². The minimum Gasteiger partial charge on any atom is -0.334 e. The maximum Gasteiger partial charge on any atom is 0.139 e. The van der Waals surface area contributed by atoms with E-state index in [2.05, 4.69) is 20.9 Å². The van der Waals surface area contributed by atoms with Crippen molar-refractivity contribution >= 4 is 15.9 Å². The lowest BCUT2D eigenvalue weighted by Gasteiger charge is -2.02. The van der Waals surface area contributed by atoms with Crippen LogP contribution in [0.15, 0.2) is 35.1 Å². The molecule has 0 aliphatic heterocycles. The normalized spacial score (nSPS) is 10.5. The van der Waals surface area contributed by atoms with Crippen LogP contribution in [0.5, 0.6) is 0 Å². The van der Waals surface area contributed by atoms with E-state index in [1.807, 2.05) is 23.9 Å². The van der Waals surface area contributed by atoms with Crippen molar-refractivity contribution in [1.29, 1.82) is 0 Å². The first-order valence-corrected chi connectivity index (χ1v) is 4.90. The molecule has 0 amide bonds. The van der Waals surface area contributed by atoms with E-state index in [0.29, 0.717) is 4.47 Å². The minimum atomic E-state index is -0.273. The van der Waals surface area contributed by atoms with Crippen LogP contribution in [-0.4, -0.2) is 9.55 Å². The number of imidazole rings is 1. The van der Waals surface area contributed by atoms with Gasteiger partial charge in [-0.1, -0.05) is 0 Å². The van der Waals surface area contributed by atoms with Crippen molar-refractivity contribution in [3.63, 3.8) is 0 Å². The number of rotatable bonds is 1. The van der Waals surface area contributed by atoms with Crippen LogP contribution in [0.3, 0.4) is 0 Å². The van der Waals surface area contributed by atoms with Gasteiger partial charge in [0.2, 0.25) is 0 Å². The fourth-order valence-electron chi connectivity index (χ4n) is 1.28. The van der Waals surface area contributed by atoms with Gasteiger partial charge in [0.05, 0.1) is 4.47 Å². The predicted octanol–water partition coefficient (Wildman–Crippen LogP) is 2.99. The van der Waals surface area contributed by atoms with Crippen molar-refractivity contribution in [3.05, 3.63) is 40.9 Å². The molecule has 0 N–H and O–H groups in total. The molecule has 0 unspecified atom stereocenters. The minimum absolute atomic E-state index is 0.273. The van der Waals surface area contributed by atoms with Crippen LogP contribution in [-0.2, 0) is 7.05 Å². The van der Waals surface area contributed by atoms with Crippen LogP contribution in [0, 0.1) is 5.82 Å². The van der Waals surface area contributed by atoms with E-state index in [0.717, 1.165) is 11.4 Å². The Balaban J connectivity index is 2.53. The van der Waals surface area contributed by atoms with Crippen LogP contribution in [0.2, 0.25) is 0 Å². The SMILES string of the molecule is Cn1ccnc1-c1ccc(Br)c(F)c1. The average Bonchev–Trinajstić information content (AvgIpc) is 2.57. The lowest BCUT2D eigenvalue weighted by molar-refractivity contribution is 0.621. The van der Waals surface area contributed by atoms with Crippen LogP contribution in [0.4, 0.5) is 4.39 Å². The monoisotopic (exact) mass is 254 g/mol. The average molecular weight is 255 g/mol. The quantitative estimate of drug-likeness (QED) is 0.765. The Bertz CT molecular complexity index is 465. The maximum atomic E-state index is 13.2. The molecule has 2 rings (SSSR count). The third kappa shape index (κ3) is 1.57. The number of hydrogen-bond donors (Lipinski definition) is 0. The van der Waals surface area contributed by atoms with E-state index in [-0.39, 0.29) is 5.82 Å². The fraction of sp³-hybridized carbons (Fsp3) is 0.100. The number of hydrogen-bond acceptors (Lipinski definition) is 1. The van der Waals surface area contributed by atoms with Gasteiger partial charge >= 0.3 is 0 Å². The summed E-state index contributed by atoms with van der Waals surface area (Å²) in [5.41, 5.74) is 0.776. The summed E-state index contributed by atoms with van der Waals surface area (Å²) in [5.74, 6) is 0.488. The zero-order valence-electron chi connectivity index (χ0n) is 7.54. The van der Waals surface area contributed by atoms with Crippen LogP contribution < -0.4 is 0 Å². The Morgan fingerprint density at radius 3 is 2.79 bits per heavy atom. The molecule has 0 atom stereocenters. The van der Waals surface area contributed by atoms with Gasteiger partial charge in [-0.2, -0.15) is 0 Å².